The van der Waals surface area contributed by atoms with Crippen molar-refractivity contribution in [2.24, 2.45) is 0 Å². The van der Waals surface area contributed by atoms with E-state index in [-0.39, 0.29) is 29.0 Å². The zero-order chi connectivity index (χ0) is 16.3. The van der Waals surface area contributed by atoms with E-state index < -0.39 is 15.6 Å². The van der Waals surface area contributed by atoms with Gasteiger partial charge in [-0.3, -0.25) is 4.79 Å². The summed E-state index contributed by atoms with van der Waals surface area (Å²) in [4.78, 5) is 15.7. The van der Waals surface area contributed by atoms with Crippen LogP contribution in [0.25, 0.3) is 0 Å². The molecule has 0 radical (unpaired) electrons. The second kappa shape index (κ2) is 6.72. The number of pyridine rings is 1. The molecule has 1 amide bonds. The van der Waals surface area contributed by atoms with Gasteiger partial charge in [-0.1, -0.05) is 18.5 Å². The van der Waals surface area contributed by atoms with Crippen LogP contribution in [0.5, 0.6) is 0 Å². The van der Waals surface area contributed by atoms with E-state index in [1.54, 1.807) is 6.92 Å². The van der Waals surface area contributed by atoms with Crippen molar-refractivity contribution >= 4 is 27.5 Å². The number of aromatic nitrogens is 1. The number of halogens is 1. The normalized spacial score (nSPS) is 12.5. The van der Waals surface area contributed by atoms with Crippen LogP contribution in [-0.4, -0.2) is 42.2 Å². The van der Waals surface area contributed by atoms with Crippen LogP contribution in [0.15, 0.2) is 23.2 Å². The average Bonchev–Trinajstić information content (AvgIpc) is 2.33. The van der Waals surface area contributed by atoms with Gasteiger partial charge in [0.25, 0.3) is 0 Å². The molecule has 0 aromatic carbocycles. The molecule has 118 valence electrons. The lowest BCUT2D eigenvalue weighted by Gasteiger charge is -2.24. The van der Waals surface area contributed by atoms with Crippen molar-refractivity contribution < 1.29 is 13.2 Å². The van der Waals surface area contributed by atoms with Gasteiger partial charge in [-0.05, 0) is 32.9 Å². The van der Waals surface area contributed by atoms with E-state index in [9.17, 15) is 13.2 Å². The number of hydrogen-bond donors (Lipinski definition) is 1. The molecule has 0 spiro atoms. The molecule has 0 atom stereocenters. The van der Waals surface area contributed by atoms with Crippen LogP contribution in [0.4, 0.5) is 0 Å². The lowest BCUT2D eigenvalue weighted by Crippen LogP contribution is -2.47. The van der Waals surface area contributed by atoms with Gasteiger partial charge in [0.15, 0.2) is 0 Å². The number of carbonyl (C=O) groups excluding carboxylic acids is 1. The predicted molar refractivity (Wildman–Crippen MR) is 81.6 cm³/mol. The van der Waals surface area contributed by atoms with Gasteiger partial charge in [-0.2, -0.15) is 4.31 Å². The number of sulfonamides is 1. The van der Waals surface area contributed by atoms with E-state index in [1.807, 2.05) is 20.8 Å². The van der Waals surface area contributed by atoms with E-state index in [2.05, 4.69) is 10.3 Å². The highest BCUT2D eigenvalue weighted by Crippen LogP contribution is 2.17. The van der Waals surface area contributed by atoms with Gasteiger partial charge in [0.05, 0.1) is 11.4 Å². The molecule has 0 unspecified atom stereocenters. The van der Waals surface area contributed by atoms with Gasteiger partial charge in [-0.15, -0.1) is 0 Å². The maximum atomic E-state index is 12.5. The van der Waals surface area contributed by atoms with Crippen molar-refractivity contribution in [1.29, 1.82) is 0 Å². The fourth-order valence-electron chi connectivity index (χ4n) is 1.68. The van der Waals surface area contributed by atoms with Crippen LogP contribution < -0.4 is 5.32 Å². The van der Waals surface area contributed by atoms with Gasteiger partial charge in [-0.25, -0.2) is 13.4 Å². The van der Waals surface area contributed by atoms with Gasteiger partial charge in [0.2, 0.25) is 15.9 Å². The van der Waals surface area contributed by atoms with Gasteiger partial charge in [0, 0.05) is 18.3 Å². The molecule has 0 aliphatic carbocycles. The van der Waals surface area contributed by atoms with E-state index in [1.165, 1.54) is 18.3 Å². The third-order valence-electron chi connectivity index (χ3n) is 2.52. The summed E-state index contributed by atoms with van der Waals surface area (Å²) in [5, 5.41) is 2.82. The van der Waals surface area contributed by atoms with Crippen molar-refractivity contribution in [2.75, 3.05) is 13.1 Å². The minimum atomic E-state index is -3.78. The van der Waals surface area contributed by atoms with Crippen LogP contribution in [-0.2, 0) is 14.8 Å². The summed E-state index contributed by atoms with van der Waals surface area (Å²) in [5.41, 5.74) is -0.416. The van der Waals surface area contributed by atoms with Crippen LogP contribution in [0, 0.1) is 0 Å². The molecule has 6 nitrogen and oxygen atoms in total. The quantitative estimate of drug-likeness (QED) is 0.831. The smallest absolute Gasteiger partial charge is 0.243 e. The second-order valence-corrected chi connectivity index (χ2v) is 7.87. The van der Waals surface area contributed by atoms with Crippen LogP contribution in [0.2, 0.25) is 5.15 Å². The second-order valence-electron chi connectivity index (χ2n) is 5.54. The molecule has 0 fully saturated rings. The maximum absolute atomic E-state index is 12.5. The Balaban J connectivity index is 2.96. The monoisotopic (exact) mass is 333 g/mol. The highest BCUT2D eigenvalue weighted by molar-refractivity contribution is 7.89. The summed E-state index contributed by atoms with van der Waals surface area (Å²) in [7, 11) is -3.78. The molecule has 1 rings (SSSR count). The molecule has 1 aromatic rings. The summed E-state index contributed by atoms with van der Waals surface area (Å²) in [6.45, 7) is 7.11. The number of nitrogens with zero attached hydrogens (tertiary/aromatic N) is 2. The molecule has 0 saturated heterocycles. The molecular weight excluding hydrogens is 314 g/mol. The standard InChI is InChI=1S/C13H20ClN3O3S/c1-5-17(9-12(18)16-13(2,3)4)21(19,20)10-6-7-15-11(14)8-10/h6-8H,5,9H2,1-4H3,(H,16,18). The number of nitrogens with one attached hydrogen (secondary N) is 1. The van der Waals surface area contributed by atoms with Crippen molar-refractivity contribution in [3.8, 4) is 0 Å². The molecular formula is C13H20ClN3O3S. The van der Waals surface area contributed by atoms with E-state index in [0.717, 1.165) is 4.31 Å². The van der Waals surface area contributed by atoms with Gasteiger partial charge in [0.1, 0.15) is 5.15 Å². The van der Waals surface area contributed by atoms with Crippen molar-refractivity contribution in [3.63, 3.8) is 0 Å². The summed E-state index contributed by atoms with van der Waals surface area (Å²) < 4.78 is 26.0. The first kappa shape index (κ1) is 17.9. The van der Waals surface area contributed by atoms with Crippen LogP contribution in [0.3, 0.4) is 0 Å². The fourth-order valence-corrected chi connectivity index (χ4v) is 3.34. The van der Waals surface area contributed by atoms with Gasteiger partial charge < -0.3 is 5.32 Å². The Labute approximate surface area is 130 Å². The number of amides is 1. The fraction of sp³-hybridized carbons (Fsp3) is 0.538. The Morgan fingerprint density at radius 2 is 2.05 bits per heavy atom. The first-order chi connectivity index (χ1) is 9.56. The van der Waals surface area contributed by atoms with Crippen molar-refractivity contribution in [2.45, 2.75) is 38.1 Å². The lowest BCUT2D eigenvalue weighted by molar-refractivity contribution is -0.122. The highest BCUT2D eigenvalue weighted by Gasteiger charge is 2.26. The first-order valence-corrected chi connectivity index (χ1v) is 8.31. The van der Waals surface area contributed by atoms with Crippen molar-refractivity contribution in [3.05, 3.63) is 23.5 Å². The topological polar surface area (TPSA) is 79.4 Å². The summed E-state index contributed by atoms with van der Waals surface area (Å²) in [5.74, 6) is -0.354. The molecule has 1 N–H and O–H groups in total. The van der Waals surface area contributed by atoms with Crippen molar-refractivity contribution in [1.82, 2.24) is 14.6 Å². The average molecular weight is 334 g/mol. The summed E-state index contributed by atoms with van der Waals surface area (Å²) in [6, 6.07) is 2.62. The first-order valence-electron chi connectivity index (χ1n) is 6.49. The molecule has 1 heterocycles. The zero-order valence-electron chi connectivity index (χ0n) is 12.6. The Kier molecular flexibility index (Phi) is 5.72. The Morgan fingerprint density at radius 1 is 1.43 bits per heavy atom. The molecule has 0 bridgehead atoms. The highest BCUT2D eigenvalue weighted by atomic mass is 35.5. The lowest BCUT2D eigenvalue weighted by atomic mass is 10.1. The van der Waals surface area contributed by atoms with Gasteiger partial charge >= 0.3 is 0 Å². The molecule has 21 heavy (non-hydrogen) atoms. The largest absolute Gasteiger partial charge is 0.350 e. The van der Waals surface area contributed by atoms with E-state index >= 15 is 0 Å². The third kappa shape index (κ3) is 5.26. The molecule has 0 saturated carbocycles. The Hall–Kier alpha value is -1.18. The number of hydrogen-bond acceptors (Lipinski definition) is 4. The van der Waals surface area contributed by atoms with Crippen LogP contribution >= 0.6 is 11.6 Å². The Morgan fingerprint density at radius 3 is 2.52 bits per heavy atom. The molecule has 1 aromatic heterocycles. The van der Waals surface area contributed by atoms with Crippen LogP contribution in [0.1, 0.15) is 27.7 Å². The number of rotatable bonds is 5. The number of likely N-dealkylation sites (N-methyl/N-ethyl adjacent to an activating group) is 1. The predicted octanol–water partition coefficient (Wildman–Crippen LogP) is 1.66. The molecule has 8 heteroatoms. The third-order valence-corrected chi connectivity index (χ3v) is 4.65. The zero-order valence-corrected chi connectivity index (χ0v) is 14.1. The maximum Gasteiger partial charge on any atom is 0.243 e. The SMILES string of the molecule is CCN(CC(=O)NC(C)(C)C)S(=O)(=O)c1ccnc(Cl)c1. The Bertz CT molecular complexity index is 611. The summed E-state index contributed by atoms with van der Waals surface area (Å²) in [6.07, 6.45) is 1.32. The molecule has 0 aliphatic heterocycles. The number of carbonyl (C=O) groups is 1. The molecule has 0 aliphatic rings. The van der Waals surface area contributed by atoms with E-state index in [0.29, 0.717) is 0 Å². The minimum Gasteiger partial charge on any atom is -0.350 e. The van der Waals surface area contributed by atoms with E-state index in [4.69, 9.17) is 11.6 Å². The summed E-state index contributed by atoms with van der Waals surface area (Å²) >= 11 is 5.72. The minimum absolute atomic E-state index is 0.0212.